The van der Waals surface area contributed by atoms with Crippen molar-refractivity contribution in [2.75, 3.05) is 13.2 Å². The summed E-state index contributed by atoms with van der Waals surface area (Å²) in [7, 11) is 0. The number of rotatable bonds is 6. The van der Waals surface area contributed by atoms with Crippen LogP contribution in [-0.2, 0) is 0 Å². The molecule has 1 aliphatic rings. The summed E-state index contributed by atoms with van der Waals surface area (Å²) in [5.41, 5.74) is 2.70. The minimum Gasteiger partial charge on any atom is -0.396 e. The largest absolute Gasteiger partial charge is 0.396 e. The second-order valence-electron chi connectivity index (χ2n) is 5.79. The number of nitrogens with one attached hydrogen (secondary N) is 2. The van der Waals surface area contributed by atoms with Crippen molar-refractivity contribution in [2.45, 2.75) is 32.2 Å². The highest BCUT2D eigenvalue weighted by molar-refractivity contribution is 5.83. The predicted octanol–water partition coefficient (Wildman–Crippen LogP) is 2.98. The van der Waals surface area contributed by atoms with E-state index in [9.17, 15) is 5.11 Å². The van der Waals surface area contributed by atoms with Gasteiger partial charge in [0.2, 0.25) is 0 Å². The molecule has 1 saturated carbocycles. The maximum atomic E-state index is 9.40. The van der Waals surface area contributed by atoms with E-state index in [2.05, 4.69) is 47.7 Å². The molecule has 1 aromatic heterocycles. The van der Waals surface area contributed by atoms with Crippen LogP contribution in [0.5, 0.6) is 0 Å². The average molecular weight is 258 g/mol. The number of hydrogen-bond acceptors (Lipinski definition) is 2. The Labute approximate surface area is 114 Å². The summed E-state index contributed by atoms with van der Waals surface area (Å²) in [6, 6.07) is 8.79. The molecule has 3 nitrogen and oxygen atoms in total. The van der Waals surface area contributed by atoms with E-state index in [1.807, 2.05) is 0 Å². The van der Waals surface area contributed by atoms with Gasteiger partial charge < -0.3 is 15.4 Å². The minimum atomic E-state index is 0.166. The molecule has 1 aromatic carbocycles. The average Bonchev–Trinajstić information content (AvgIpc) is 3.12. The molecule has 1 aliphatic carbocycles. The lowest BCUT2D eigenvalue weighted by Gasteiger charge is -2.20. The quantitative estimate of drug-likeness (QED) is 0.746. The summed E-state index contributed by atoms with van der Waals surface area (Å²) in [6.07, 6.45) is 5.48. The smallest absolute Gasteiger partial charge is 0.0499 e. The fraction of sp³-hybridized carbons (Fsp3) is 0.500. The van der Waals surface area contributed by atoms with Gasteiger partial charge in [0.05, 0.1) is 0 Å². The molecule has 0 radical (unpaired) electrons. The van der Waals surface area contributed by atoms with Gasteiger partial charge in [-0.25, -0.2) is 0 Å². The van der Waals surface area contributed by atoms with Crippen molar-refractivity contribution < 1.29 is 5.11 Å². The van der Waals surface area contributed by atoms with Crippen molar-refractivity contribution in [2.24, 2.45) is 5.41 Å². The van der Waals surface area contributed by atoms with E-state index in [4.69, 9.17) is 0 Å². The van der Waals surface area contributed by atoms with Gasteiger partial charge in [-0.3, -0.25) is 0 Å². The second kappa shape index (κ2) is 4.99. The Bertz CT molecular complexity index is 557. The van der Waals surface area contributed by atoms with Gasteiger partial charge in [-0.1, -0.05) is 25.1 Å². The summed E-state index contributed by atoms with van der Waals surface area (Å²) in [5, 5.41) is 14.3. The van der Waals surface area contributed by atoms with Gasteiger partial charge in [-0.15, -0.1) is 0 Å². The Morgan fingerprint density at radius 3 is 2.84 bits per heavy atom. The summed E-state index contributed by atoms with van der Waals surface area (Å²) >= 11 is 0. The summed E-state index contributed by atoms with van der Waals surface area (Å²) in [4.78, 5) is 3.34. The standard InChI is InChI=1S/C16H22N2O/c1-2-14(18-10-16(11-19)7-8-16)13-9-17-15-6-4-3-5-12(13)15/h3-6,9,14,17-19H,2,7-8,10-11H2,1H3. The van der Waals surface area contributed by atoms with Crippen LogP contribution >= 0.6 is 0 Å². The molecule has 1 fully saturated rings. The highest BCUT2D eigenvalue weighted by atomic mass is 16.3. The fourth-order valence-electron chi connectivity index (χ4n) is 2.76. The number of aromatic amines is 1. The van der Waals surface area contributed by atoms with Crippen molar-refractivity contribution in [1.82, 2.24) is 10.3 Å². The van der Waals surface area contributed by atoms with Gasteiger partial charge in [0.25, 0.3) is 0 Å². The third kappa shape index (κ3) is 2.40. The van der Waals surface area contributed by atoms with Gasteiger partial charge in [0.1, 0.15) is 0 Å². The van der Waals surface area contributed by atoms with Crippen LogP contribution in [0.15, 0.2) is 30.5 Å². The molecule has 2 aromatic rings. The van der Waals surface area contributed by atoms with Crippen molar-refractivity contribution in [3.8, 4) is 0 Å². The van der Waals surface area contributed by atoms with Crippen LogP contribution in [0, 0.1) is 5.41 Å². The molecule has 0 aliphatic heterocycles. The van der Waals surface area contributed by atoms with Gasteiger partial charge in [0.15, 0.2) is 0 Å². The second-order valence-corrected chi connectivity index (χ2v) is 5.79. The fourth-order valence-corrected chi connectivity index (χ4v) is 2.76. The molecular formula is C16H22N2O. The minimum absolute atomic E-state index is 0.166. The molecule has 3 heteroatoms. The zero-order valence-corrected chi connectivity index (χ0v) is 11.4. The summed E-state index contributed by atoms with van der Waals surface area (Å²) in [6.45, 7) is 3.43. The number of aromatic nitrogens is 1. The summed E-state index contributed by atoms with van der Waals surface area (Å²) in [5.74, 6) is 0. The van der Waals surface area contributed by atoms with Crippen LogP contribution < -0.4 is 5.32 Å². The topological polar surface area (TPSA) is 48.0 Å². The number of H-pyrrole nitrogens is 1. The first kappa shape index (κ1) is 12.7. The van der Waals surface area contributed by atoms with Gasteiger partial charge in [0, 0.05) is 41.7 Å². The molecule has 3 rings (SSSR count). The third-order valence-electron chi connectivity index (χ3n) is 4.42. The van der Waals surface area contributed by atoms with E-state index in [0.29, 0.717) is 12.6 Å². The van der Waals surface area contributed by atoms with Crippen molar-refractivity contribution in [3.63, 3.8) is 0 Å². The first-order valence-electron chi connectivity index (χ1n) is 7.18. The number of hydrogen-bond donors (Lipinski definition) is 3. The number of para-hydroxylation sites is 1. The number of fused-ring (bicyclic) bond motifs is 1. The predicted molar refractivity (Wildman–Crippen MR) is 78.1 cm³/mol. The van der Waals surface area contributed by atoms with Gasteiger partial charge in [-0.05, 0) is 30.9 Å². The SMILES string of the molecule is CCC(NCC1(CO)CC1)c1c[nH]c2ccccc12. The molecule has 0 bridgehead atoms. The zero-order valence-electron chi connectivity index (χ0n) is 11.4. The number of aliphatic hydroxyl groups excluding tert-OH is 1. The molecule has 1 heterocycles. The normalized spacial score (nSPS) is 18.6. The monoisotopic (exact) mass is 258 g/mol. The van der Waals surface area contributed by atoms with Crippen LogP contribution in [0.3, 0.4) is 0 Å². The molecule has 19 heavy (non-hydrogen) atoms. The summed E-state index contributed by atoms with van der Waals surface area (Å²) < 4.78 is 0. The van der Waals surface area contributed by atoms with Crippen molar-refractivity contribution in [3.05, 3.63) is 36.0 Å². The van der Waals surface area contributed by atoms with Gasteiger partial charge in [-0.2, -0.15) is 0 Å². The van der Waals surface area contributed by atoms with E-state index in [1.54, 1.807) is 0 Å². The number of benzene rings is 1. The van der Waals surface area contributed by atoms with E-state index < -0.39 is 0 Å². The highest BCUT2D eigenvalue weighted by Crippen LogP contribution is 2.44. The van der Waals surface area contributed by atoms with Crippen LogP contribution in [0.25, 0.3) is 10.9 Å². The first-order chi connectivity index (χ1) is 9.28. The number of aliphatic hydroxyl groups is 1. The molecule has 102 valence electrons. The van der Waals surface area contributed by atoms with Gasteiger partial charge >= 0.3 is 0 Å². The van der Waals surface area contributed by atoms with Crippen molar-refractivity contribution >= 4 is 10.9 Å². The van der Waals surface area contributed by atoms with Crippen LogP contribution in [-0.4, -0.2) is 23.2 Å². The molecule has 1 unspecified atom stereocenters. The van der Waals surface area contributed by atoms with Crippen LogP contribution in [0.4, 0.5) is 0 Å². The first-order valence-corrected chi connectivity index (χ1v) is 7.18. The highest BCUT2D eigenvalue weighted by Gasteiger charge is 2.41. The lowest BCUT2D eigenvalue weighted by atomic mass is 10.0. The Hall–Kier alpha value is -1.32. The molecule has 0 spiro atoms. The zero-order chi connectivity index (χ0) is 13.3. The Balaban J connectivity index is 1.78. The molecule has 1 atom stereocenters. The molecular weight excluding hydrogens is 236 g/mol. The van der Waals surface area contributed by atoms with E-state index >= 15 is 0 Å². The molecule has 3 N–H and O–H groups in total. The lowest BCUT2D eigenvalue weighted by Crippen LogP contribution is -2.29. The van der Waals surface area contributed by atoms with E-state index in [-0.39, 0.29) is 5.41 Å². The van der Waals surface area contributed by atoms with E-state index in [1.165, 1.54) is 16.5 Å². The maximum Gasteiger partial charge on any atom is 0.0499 e. The van der Waals surface area contributed by atoms with Crippen molar-refractivity contribution in [1.29, 1.82) is 0 Å². The maximum absolute atomic E-state index is 9.40. The Morgan fingerprint density at radius 2 is 2.16 bits per heavy atom. The van der Waals surface area contributed by atoms with Crippen LogP contribution in [0.1, 0.15) is 37.8 Å². The Morgan fingerprint density at radius 1 is 1.37 bits per heavy atom. The van der Waals surface area contributed by atoms with E-state index in [0.717, 1.165) is 25.8 Å². The molecule has 0 saturated heterocycles. The Kier molecular flexibility index (Phi) is 3.33. The lowest BCUT2D eigenvalue weighted by molar-refractivity contribution is 0.203. The van der Waals surface area contributed by atoms with Crippen LogP contribution in [0.2, 0.25) is 0 Å². The third-order valence-corrected chi connectivity index (χ3v) is 4.42. The molecule has 0 amide bonds.